The standard InChI is InChI=1S/C21H21ClF2N6O6S2/c22-14-7-13(8-15(9-14)34-21(23)24)17(31)20(33)35-30-6-5-16(30)19(32)27-10-11-1-3-12(4-2-11)18(25)38(36-37)29-28-26/h1-4,7-9,16-17,21,31,37H,5-6,10,25H2,(H,27,32). The highest BCUT2D eigenvalue weighted by Gasteiger charge is 2.38. The smallest absolute Gasteiger partial charge is 0.387 e. The zero-order valence-electron chi connectivity index (χ0n) is 19.2. The van der Waals surface area contributed by atoms with Crippen molar-refractivity contribution in [1.29, 1.82) is 0 Å². The van der Waals surface area contributed by atoms with Gasteiger partial charge in [-0.25, -0.2) is 8.42 Å². The van der Waals surface area contributed by atoms with Crippen LogP contribution in [0.4, 0.5) is 8.78 Å². The molecule has 1 amide bonds. The van der Waals surface area contributed by atoms with Crippen LogP contribution in [0.2, 0.25) is 5.02 Å². The van der Waals surface area contributed by atoms with Crippen LogP contribution in [0.5, 0.6) is 5.75 Å². The van der Waals surface area contributed by atoms with E-state index in [1.807, 2.05) is 0 Å². The van der Waals surface area contributed by atoms with E-state index in [1.165, 1.54) is 6.07 Å². The number of benzene rings is 2. The van der Waals surface area contributed by atoms with Crippen LogP contribution in [0.3, 0.4) is 0 Å². The van der Waals surface area contributed by atoms with E-state index < -0.39 is 41.6 Å². The molecule has 1 heterocycles. The molecule has 2 aromatic carbocycles. The van der Waals surface area contributed by atoms with Crippen molar-refractivity contribution in [2.45, 2.75) is 31.7 Å². The molecule has 1 saturated heterocycles. The van der Waals surface area contributed by atoms with Crippen molar-refractivity contribution < 1.29 is 36.7 Å². The van der Waals surface area contributed by atoms with E-state index in [-0.39, 0.29) is 34.4 Å². The number of aliphatic hydroxyl groups is 1. The monoisotopic (exact) mass is 590 g/mol. The lowest BCUT2D eigenvalue weighted by atomic mass is 10.1. The van der Waals surface area contributed by atoms with Crippen LogP contribution in [0, 0.1) is 0 Å². The lowest BCUT2D eigenvalue weighted by Crippen LogP contribution is -2.56. The molecule has 1 aliphatic heterocycles. The molecule has 0 bridgehead atoms. The number of halogens is 3. The number of azide groups is 1. The average molecular weight is 591 g/mol. The van der Waals surface area contributed by atoms with Gasteiger partial charge in [-0.15, -0.1) is 5.06 Å². The highest BCUT2D eigenvalue weighted by Crippen LogP contribution is 2.28. The molecule has 0 aliphatic carbocycles. The molecule has 0 spiro atoms. The summed E-state index contributed by atoms with van der Waals surface area (Å²) in [5.74, 6) is -1.88. The minimum Gasteiger partial charge on any atom is -0.435 e. The Balaban J connectivity index is 1.55. The van der Waals surface area contributed by atoms with Crippen LogP contribution in [0.25, 0.3) is 10.4 Å². The van der Waals surface area contributed by atoms with E-state index in [0.29, 0.717) is 12.0 Å². The zero-order chi connectivity index (χ0) is 27.8. The number of alkyl halides is 2. The molecule has 0 radical (unpaired) electrons. The maximum absolute atomic E-state index is 12.6. The van der Waals surface area contributed by atoms with Crippen molar-refractivity contribution in [2.75, 3.05) is 6.54 Å². The molecule has 0 saturated carbocycles. The average Bonchev–Trinajstić information content (AvgIpc) is 2.87. The summed E-state index contributed by atoms with van der Waals surface area (Å²) in [6.45, 7) is -2.72. The van der Waals surface area contributed by atoms with Crippen molar-refractivity contribution in [3.05, 3.63) is 74.6 Å². The summed E-state index contributed by atoms with van der Waals surface area (Å²) in [6, 6.07) is 9.25. The fourth-order valence-electron chi connectivity index (χ4n) is 3.28. The van der Waals surface area contributed by atoms with Crippen LogP contribution in [0.1, 0.15) is 29.2 Å². The summed E-state index contributed by atoms with van der Waals surface area (Å²) < 4.78 is 37.4. The molecule has 2 aromatic rings. The van der Waals surface area contributed by atoms with Gasteiger partial charge in [0.25, 0.3) is 0 Å². The van der Waals surface area contributed by atoms with E-state index in [2.05, 4.69) is 32.4 Å². The third-order valence-corrected chi connectivity index (χ3v) is 6.83. The van der Waals surface area contributed by atoms with Gasteiger partial charge in [0.1, 0.15) is 11.8 Å². The molecule has 38 heavy (non-hydrogen) atoms. The third kappa shape index (κ3) is 7.78. The SMILES string of the molecule is [N-]=[N+]=N/S(OS)=C(\N)c1ccc(CNC(=O)C2CCN2OC(=O)C(O)c2cc(Cl)cc(OC(F)F)c2)cc1. The summed E-state index contributed by atoms with van der Waals surface area (Å²) in [4.78, 5) is 33.0. The first-order valence-electron chi connectivity index (χ1n) is 10.7. The first-order chi connectivity index (χ1) is 18.1. The number of aliphatic hydroxyl groups excluding tert-OH is 1. The van der Waals surface area contributed by atoms with Gasteiger partial charge in [0, 0.05) is 28.6 Å². The van der Waals surface area contributed by atoms with Crippen molar-refractivity contribution >= 4 is 52.3 Å². The Kier molecular flexibility index (Phi) is 10.7. The zero-order valence-corrected chi connectivity index (χ0v) is 21.7. The van der Waals surface area contributed by atoms with Gasteiger partial charge in [-0.2, -0.15) is 8.78 Å². The predicted molar refractivity (Wildman–Crippen MR) is 138 cm³/mol. The largest absolute Gasteiger partial charge is 0.435 e. The van der Waals surface area contributed by atoms with E-state index in [4.69, 9.17) is 31.3 Å². The van der Waals surface area contributed by atoms with Gasteiger partial charge in [0.2, 0.25) is 5.91 Å². The number of nitrogens with two attached hydrogens (primary N) is 1. The van der Waals surface area contributed by atoms with Crippen LogP contribution in [0.15, 0.2) is 47.0 Å². The highest BCUT2D eigenvalue weighted by atomic mass is 35.5. The van der Waals surface area contributed by atoms with Crippen LogP contribution in [-0.2, 0) is 24.6 Å². The minimum absolute atomic E-state index is 0.0363. The number of carbonyl (C=O) groups excluding carboxylic acids is 2. The number of nitrogens with one attached hydrogen (secondary N) is 1. The molecule has 3 atom stereocenters. The number of hydrogen-bond donors (Lipinski definition) is 4. The lowest BCUT2D eigenvalue weighted by molar-refractivity contribution is -0.233. The van der Waals surface area contributed by atoms with Crippen LogP contribution in [-0.4, -0.2) is 46.2 Å². The highest BCUT2D eigenvalue weighted by molar-refractivity contribution is 8.14. The van der Waals surface area contributed by atoms with Gasteiger partial charge in [-0.1, -0.05) is 35.9 Å². The van der Waals surface area contributed by atoms with E-state index in [1.54, 1.807) is 24.3 Å². The Hall–Kier alpha value is -2.95. The summed E-state index contributed by atoms with van der Waals surface area (Å²) in [5.41, 5.74) is 15.7. The summed E-state index contributed by atoms with van der Waals surface area (Å²) in [6.07, 6.45) is -1.46. The summed E-state index contributed by atoms with van der Waals surface area (Å²) in [7, 11) is -1.39. The van der Waals surface area contributed by atoms with E-state index >= 15 is 0 Å². The molecule has 12 nitrogen and oxygen atoms in total. The van der Waals surface area contributed by atoms with Crippen molar-refractivity contribution in [2.24, 2.45) is 10.3 Å². The second-order valence-electron chi connectivity index (χ2n) is 7.63. The third-order valence-electron chi connectivity index (χ3n) is 5.21. The second kappa shape index (κ2) is 13.7. The molecule has 1 aliphatic rings. The van der Waals surface area contributed by atoms with Crippen molar-refractivity contribution in [3.8, 4) is 5.75 Å². The van der Waals surface area contributed by atoms with Gasteiger partial charge < -0.3 is 20.0 Å². The van der Waals surface area contributed by atoms with E-state index in [0.717, 1.165) is 22.8 Å². The number of amides is 1. The quantitative estimate of drug-likeness (QED) is 0.0768. The Morgan fingerprint density at radius 2 is 2.05 bits per heavy atom. The Morgan fingerprint density at radius 1 is 1.34 bits per heavy atom. The van der Waals surface area contributed by atoms with Crippen molar-refractivity contribution in [1.82, 2.24) is 10.4 Å². The number of hydrogen-bond acceptors (Lipinski definition) is 9. The van der Waals surface area contributed by atoms with Gasteiger partial charge in [-0.05, 0) is 58.7 Å². The molecule has 204 valence electrons. The molecule has 0 aromatic heterocycles. The molecule has 3 rings (SSSR count). The van der Waals surface area contributed by atoms with Crippen LogP contribution >= 0.6 is 35.5 Å². The van der Waals surface area contributed by atoms with Gasteiger partial charge in [0.05, 0.1) is 15.9 Å². The minimum atomic E-state index is -3.12. The second-order valence-corrected chi connectivity index (χ2v) is 9.76. The molecular weight excluding hydrogens is 570 g/mol. The topological polar surface area (TPSA) is 172 Å². The number of carbonyl (C=O) groups is 2. The maximum Gasteiger partial charge on any atom is 0.387 e. The molecule has 3 unspecified atom stereocenters. The maximum atomic E-state index is 12.6. The number of hydroxylamine groups is 2. The molecule has 17 heteroatoms. The first-order valence-corrected chi connectivity index (χ1v) is 12.5. The Bertz CT molecular complexity index is 1270. The normalized spacial score (nSPS) is 17.0. The number of thiol groups is 1. The van der Waals surface area contributed by atoms with Crippen molar-refractivity contribution in [3.63, 3.8) is 0 Å². The summed E-state index contributed by atoms with van der Waals surface area (Å²) in [5, 5.41) is 14.1. The number of nitrogens with zero attached hydrogens (tertiary/aromatic N) is 4. The number of rotatable bonds is 11. The van der Waals surface area contributed by atoms with Crippen LogP contribution < -0.4 is 15.8 Å². The van der Waals surface area contributed by atoms with E-state index in [9.17, 15) is 23.5 Å². The molecule has 4 N–H and O–H groups in total. The van der Waals surface area contributed by atoms with Gasteiger partial charge in [0.15, 0.2) is 6.10 Å². The molecule has 1 fully saturated rings. The fraction of sp³-hybridized carbons (Fsp3) is 0.286. The molecular formula is C21H21ClF2N6O6S2. The Labute approximate surface area is 228 Å². The lowest BCUT2D eigenvalue weighted by Gasteiger charge is -2.37. The fourth-order valence-corrected chi connectivity index (χ4v) is 4.44. The predicted octanol–water partition coefficient (Wildman–Crippen LogP) is 3.53. The van der Waals surface area contributed by atoms with Gasteiger partial charge in [-0.3, -0.25) is 10.5 Å². The number of ether oxygens (including phenoxy) is 1. The van der Waals surface area contributed by atoms with Gasteiger partial charge >= 0.3 is 12.6 Å². The first kappa shape index (κ1) is 29.6. The summed E-state index contributed by atoms with van der Waals surface area (Å²) >= 11 is 9.49. The Morgan fingerprint density at radius 3 is 2.63 bits per heavy atom.